The summed E-state index contributed by atoms with van der Waals surface area (Å²) in [6.45, 7) is 1.72. The van der Waals surface area contributed by atoms with Crippen molar-refractivity contribution in [2.24, 2.45) is 0 Å². The molecule has 0 bridgehead atoms. The molecule has 5 nitrogen and oxygen atoms in total. The third kappa shape index (κ3) is 2.70. The fourth-order valence-corrected chi connectivity index (χ4v) is 2.90. The molecule has 0 spiro atoms. The average molecular weight is 354 g/mol. The Bertz CT molecular complexity index is 1110. The number of hydrogen-bond acceptors (Lipinski definition) is 4. The summed E-state index contributed by atoms with van der Waals surface area (Å²) >= 11 is 6.06. The van der Waals surface area contributed by atoms with Gasteiger partial charge in [0.05, 0.1) is 5.69 Å². The summed E-state index contributed by atoms with van der Waals surface area (Å²) in [5.41, 5.74) is 9.98. The van der Waals surface area contributed by atoms with Gasteiger partial charge in [-0.05, 0) is 55.0 Å². The molecule has 0 atom stereocenters. The predicted molar refractivity (Wildman–Crippen MR) is 95.8 cm³/mol. The molecule has 0 amide bonds. The summed E-state index contributed by atoms with van der Waals surface area (Å²) in [5, 5.41) is 4.69. The van der Waals surface area contributed by atoms with E-state index in [2.05, 4.69) is 15.1 Å². The van der Waals surface area contributed by atoms with Gasteiger partial charge in [0.15, 0.2) is 5.65 Å². The van der Waals surface area contributed by atoms with Gasteiger partial charge in [0, 0.05) is 17.3 Å². The second-order valence-electron chi connectivity index (χ2n) is 5.67. The van der Waals surface area contributed by atoms with Gasteiger partial charge < -0.3 is 5.73 Å². The smallest absolute Gasteiger partial charge is 0.155 e. The van der Waals surface area contributed by atoms with Crippen molar-refractivity contribution in [1.29, 1.82) is 0 Å². The van der Waals surface area contributed by atoms with E-state index >= 15 is 0 Å². The summed E-state index contributed by atoms with van der Waals surface area (Å²) in [4.78, 5) is 8.69. The van der Waals surface area contributed by atoms with E-state index in [0.29, 0.717) is 27.9 Å². The Labute approximate surface area is 147 Å². The number of halogens is 2. The largest absolute Gasteiger partial charge is 0.384 e. The van der Waals surface area contributed by atoms with Crippen LogP contribution in [0.5, 0.6) is 0 Å². The van der Waals surface area contributed by atoms with E-state index in [1.165, 1.54) is 6.07 Å². The predicted octanol–water partition coefficient (Wildman–Crippen LogP) is 4.14. The highest BCUT2D eigenvalue weighted by atomic mass is 35.5. The number of anilines is 1. The first-order chi connectivity index (χ1) is 12.0. The Hall–Kier alpha value is -2.99. The Kier molecular flexibility index (Phi) is 3.62. The van der Waals surface area contributed by atoms with Crippen molar-refractivity contribution in [2.45, 2.75) is 6.92 Å². The van der Waals surface area contributed by atoms with E-state index in [9.17, 15) is 4.39 Å². The molecule has 0 saturated heterocycles. The first-order valence-corrected chi connectivity index (χ1v) is 7.94. The molecule has 0 aliphatic heterocycles. The third-order valence-electron chi connectivity index (χ3n) is 3.93. The third-order valence-corrected chi connectivity index (χ3v) is 4.13. The van der Waals surface area contributed by atoms with Crippen molar-refractivity contribution < 1.29 is 4.39 Å². The lowest BCUT2D eigenvalue weighted by atomic mass is 10.0. The van der Waals surface area contributed by atoms with Crippen LogP contribution in [0.25, 0.3) is 28.2 Å². The van der Waals surface area contributed by atoms with Gasteiger partial charge in [-0.15, -0.1) is 0 Å². The van der Waals surface area contributed by atoms with Gasteiger partial charge in [-0.25, -0.2) is 18.9 Å². The van der Waals surface area contributed by atoms with Crippen LogP contribution in [0.2, 0.25) is 5.15 Å². The van der Waals surface area contributed by atoms with Crippen molar-refractivity contribution in [3.8, 4) is 22.5 Å². The van der Waals surface area contributed by atoms with Gasteiger partial charge in [-0.2, -0.15) is 5.10 Å². The van der Waals surface area contributed by atoms with E-state index in [0.717, 1.165) is 16.8 Å². The SMILES string of the molecule is Cc1cc(-c2nc3ccc(Cl)nn3c2-c2ccnc(N)c2)ccc1F. The van der Waals surface area contributed by atoms with Crippen LogP contribution >= 0.6 is 11.6 Å². The Morgan fingerprint density at radius 2 is 1.92 bits per heavy atom. The van der Waals surface area contributed by atoms with Crippen LogP contribution in [-0.2, 0) is 0 Å². The van der Waals surface area contributed by atoms with E-state index in [1.54, 1.807) is 48.0 Å². The van der Waals surface area contributed by atoms with Crippen LogP contribution in [0.4, 0.5) is 10.2 Å². The molecule has 4 aromatic rings. The molecule has 2 N–H and O–H groups in total. The summed E-state index contributed by atoms with van der Waals surface area (Å²) in [5.74, 6) is 0.124. The highest BCUT2D eigenvalue weighted by Gasteiger charge is 2.18. The normalized spacial score (nSPS) is 11.2. The molecule has 0 radical (unpaired) electrons. The maximum absolute atomic E-state index is 13.7. The minimum Gasteiger partial charge on any atom is -0.384 e. The summed E-state index contributed by atoms with van der Waals surface area (Å²) in [6, 6.07) is 11.9. The summed E-state index contributed by atoms with van der Waals surface area (Å²) in [6.07, 6.45) is 1.62. The van der Waals surface area contributed by atoms with Gasteiger partial charge >= 0.3 is 0 Å². The number of imidazole rings is 1. The fraction of sp³-hybridized carbons (Fsp3) is 0.0556. The van der Waals surface area contributed by atoms with Crippen molar-refractivity contribution >= 4 is 23.1 Å². The molecular formula is C18H13ClFN5. The number of fused-ring (bicyclic) bond motifs is 1. The topological polar surface area (TPSA) is 69.1 Å². The molecule has 0 aliphatic carbocycles. The zero-order chi connectivity index (χ0) is 17.6. The number of aromatic nitrogens is 4. The van der Waals surface area contributed by atoms with Gasteiger partial charge in [-0.3, -0.25) is 0 Å². The van der Waals surface area contributed by atoms with Gasteiger partial charge in [0.1, 0.15) is 22.5 Å². The van der Waals surface area contributed by atoms with Gasteiger partial charge in [0.25, 0.3) is 0 Å². The van der Waals surface area contributed by atoms with Crippen LogP contribution in [0.1, 0.15) is 5.56 Å². The minimum atomic E-state index is -0.261. The quantitative estimate of drug-likeness (QED) is 0.588. The summed E-state index contributed by atoms with van der Waals surface area (Å²) < 4.78 is 15.3. The van der Waals surface area contributed by atoms with Crippen LogP contribution in [0.3, 0.4) is 0 Å². The monoisotopic (exact) mass is 353 g/mol. The number of nitrogens with zero attached hydrogens (tertiary/aromatic N) is 4. The molecule has 4 rings (SSSR count). The second-order valence-corrected chi connectivity index (χ2v) is 6.06. The van der Waals surface area contributed by atoms with Crippen molar-refractivity contribution in [3.63, 3.8) is 0 Å². The van der Waals surface area contributed by atoms with E-state index in [4.69, 9.17) is 17.3 Å². The first-order valence-electron chi connectivity index (χ1n) is 7.56. The number of hydrogen-bond donors (Lipinski definition) is 1. The lowest BCUT2D eigenvalue weighted by molar-refractivity contribution is 0.619. The molecule has 0 saturated carbocycles. The Morgan fingerprint density at radius 3 is 2.68 bits per heavy atom. The van der Waals surface area contributed by atoms with E-state index in [-0.39, 0.29) is 5.82 Å². The number of nitrogen functional groups attached to an aromatic ring is 1. The zero-order valence-electron chi connectivity index (χ0n) is 13.2. The second kappa shape index (κ2) is 5.82. The molecule has 124 valence electrons. The minimum absolute atomic E-state index is 0.261. The fourth-order valence-electron chi connectivity index (χ4n) is 2.76. The van der Waals surface area contributed by atoms with Crippen molar-refractivity contribution in [3.05, 3.63) is 65.2 Å². The van der Waals surface area contributed by atoms with Crippen molar-refractivity contribution in [1.82, 2.24) is 19.6 Å². The highest BCUT2D eigenvalue weighted by molar-refractivity contribution is 6.29. The van der Waals surface area contributed by atoms with Crippen LogP contribution in [0, 0.1) is 12.7 Å². The molecule has 25 heavy (non-hydrogen) atoms. The molecule has 7 heteroatoms. The molecule has 1 aromatic carbocycles. The van der Waals surface area contributed by atoms with Gasteiger partial charge in [-0.1, -0.05) is 11.6 Å². The number of nitrogens with two attached hydrogens (primary N) is 1. The van der Waals surface area contributed by atoms with Crippen LogP contribution < -0.4 is 5.73 Å². The molecule has 0 fully saturated rings. The molecule has 0 unspecified atom stereocenters. The van der Waals surface area contributed by atoms with Crippen molar-refractivity contribution in [2.75, 3.05) is 5.73 Å². The molecule has 0 aliphatic rings. The van der Waals surface area contributed by atoms with Crippen LogP contribution in [-0.4, -0.2) is 19.6 Å². The average Bonchev–Trinajstić information content (AvgIpc) is 2.96. The highest BCUT2D eigenvalue weighted by Crippen LogP contribution is 2.33. The molecular weight excluding hydrogens is 341 g/mol. The maximum atomic E-state index is 13.7. The lowest BCUT2D eigenvalue weighted by Gasteiger charge is -2.07. The first kappa shape index (κ1) is 15.5. The number of pyridine rings is 1. The molecule has 3 aromatic heterocycles. The Balaban J connectivity index is 2.06. The number of aryl methyl sites for hydroxylation is 1. The Morgan fingerprint density at radius 1 is 1.08 bits per heavy atom. The van der Waals surface area contributed by atoms with Gasteiger partial charge in [0.2, 0.25) is 0 Å². The molecule has 3 heterocycles. The number of benzene rings is 1. The lowest BCUT2D eigenvalue weighted by Crippen LogP contribution is -1.97. The van der Waals surface area contributed by atoms with E-state index in [1.807, 2.05) is 6.07 Å². The van der Waals surface area contributed by atoms with E-state index < -0.39 is 0 Å². The summed E-state index contributed by atoms with van der Waals surface area (Å²) in [7, 11) is 0. The van der Waals surface area contributed by atoms with Crippen LogP contribution in [0.15, 0.2) is 48.7 Å². The maximum Gasteiger partial charge on any atom is 0.155 e. The standard InChI is InChI=1S/C18H13ClFN5/c1-10-8-11(2-3-13(10)20)17-18(12-6-7-22-15(21)9-12)25-16(23-17)5-4-14(19)24-25/h2-9H,1H3,(H2,21,22). The zero-order valence-corrected chi connectivity index (χ0v) is 14.0. The number of rotatable bonds is 2.